The third kappa shape index (κ3) is 7.45. The standard InChI is InChI=1S/C16H22BrNO4/c1-2-18(15(19)5-3-4-6-16(20)21)11-12-22-14-9-7-13(17)8-10-14/h7-10H,2-6,11-12H2,1H3,(H,20,21). The predicted octanol–water partition coefficient (Wildman–Crippen LogP) is 3.32. The van der Waals surface area contributed by atoms with E-state index in [1.165, 1.54) is 0 Å². The molecule has 0 saturated carbocycles. The van der Waals surface area contributed by atoms with Crippen molar-refractivity contribution in [3.63, 3.8) is 0 Å². The van der Waals surface area contributed by atoms with Crippen LogP contribution in [0.1, 0.15) is 32.6 Å². The Hall–Kier alpha value is -1.56. The normalized spacial score (nSPS) is 10.3. The minimum atomic E-state index is -0.817. The lowest BCUT2D eigenvalue weighted by Gasteiger charge is -2.21. The molecule has 0 radical (unpaired) electrons. The molecule has 22 heavy (non-hydrogen) atoms. The zero-order valence-electron chi connectivity index (χ0n) is 12.8. The number of hydrogen-bond donors (Lipinski definition) is 1. The van der Waals surface area contributed by atoms with Gasteiger partial charge >= 0.3 is 5.97 Å². The molecule has 0 fully saturated rings. The molecule has 0 aliphatic carbocycles. The van der Waals surface area contributed by atoms with E-state index in [-0.39, 0.29) is 12.3 Å². The van der Waals surface area contributed by atoms with Gasteiger partial charge in [-0.05, 0) is 44.0 Å². The number of amides is 1. The number of aliphatic carboxylic acids is 1. The maximum Gasteiger partial charge on any atom is 0.303 e. The molecule has 0 heterocycles. The van der Waals surface area contributed by atoms with Crippen LogP contribution in [0.25, 0.3) is 0 Å². The molecule has 1 aromatic rings. The number of carboxylic acid groups (broad SMARTS) is 1. The van der Waals surface area contributed by atoms with Crippen molar-refractivity contribution in [2.24, 2.45) is 0 Å². The zero-order chi connectivity index (χ0) is 16.4. The topological polar surface area (TPSA) is 66.8 Å². The molecule has 0 unspecified atom stereocenters. The first-order valence-corrected chi connectivity index (χ1v) is 8.20. The van der Waals surface area contributed by atoms with E-state index >= 15 is 0 Å². The highest BCUT2D eigenvalue weighted by atomic mass is 79.9. The lowest BCUT2D eigenvalue weighted by atomic mass is 10.2. The molecule has 1 N–H and O–H groups in total. The largest absolute Gasteiger partial charge is 0.492 e. The number of hydrogen-bond acceptors (Lipinski definition) is 3. The van der Waals surface area contributed by atoms with E-state index in [2.05, 4.69) is 15.9 Å². The SMILES string of the molecule is CCN(CCOc1ccc(Br)cc1)C(=O)CCCCC(=O)O. The molecule has 0 bridgehead atoms. The van der Waals surface area contributed by atoms with Gasteiger partial charge in [0.15, 0.2) is 0 Å². The smallest absolute Gasteiger partial charge is 0.303 e. The van der Waals surface area contributed by atoms with E-state index in [0.717, 1.165) is 10.2 Å². The van der Waals surface area contributed by atoms with Crippen LogP contribution in [0.3, 0.4) is 0 Å². The summed E-state index contributed by atoms with van der Waals surface area (Å²) < 4.78 is 6.60. The van der Waals surface area contributed by atoms with Crippen molar-refractivity contribution in [3.05, 3.63) is 28.7 Å². The lowest BCUT2D eigenvalue weighted by Crippen LogP contribution is -2.34. The van der Waals surface area contributed by atoms with Crippen LogP contribution in [0.4, 0.5) is 0 Å². The summed E-state index contributed by atoms with van der Waals surface area (Å²) in [7, 11) is 0. The molecule has 0 spiro atoms. The number of rotatable bonds is 10. The first kappa shape index (κ1) is 18.5. The van der Waals surface area contributed by atoms with Crippen LogP contribution < -0.4 is 4.74 Å². The van der Waals surface area contributed by atoms with Crippen LogP contribution in [-0.2, 0) is 9.59 Å². The summed E-state index contributed by atoms with van der Waals surface area (Å²) in [6.07, 6.45) is 1.65. The van der Waals surface area contributed by atoms with Gasteiger partial charge in [-0.1, -0.05) is 15.9 Å². The second-order valence-corrected chi connectivity index (χ2v) is 5.79. The van der Waals surface area contributed by atoms with Gasteiger partial charge in [0, 0.05) is 23.9 Å². The number of likely N-dealkylation sites (N-methyl/N-ethyl adjacent to an activating group) is 1. The minimum Gasteiger partial charge on any atom is -0.492 e. The summed E-state index contributed by atoms with van der Waals surface area (Å²) in [6, 6.07) is 7.54. The summed E-state index contributed by atoms with van der Waals surface area (Å²) in [5.41, 5.74) is 0. The Kier molecular flexibility index (Phi) is 8.58. The van der Waals surface area contributed by atoms with E-state index in [1.807, 2.05) is 31.2 Å². The maximum atomic E-state index is 12.0. The number of carbonyl (C=O) groups is 2. The van der Waals surface area contributed by atoms with Crippen LogP contribution in [-0.4, -0.2) is 41.6 Å². The van der Waals surface area contributed by atoms with Crippen LogP contribution >= 0.6 is 15.9 Å². The van der Waals surface area contributed by atoms with Gasteiger partial charge in [0.2, 0.25) is 5.91 Å². The van der Waals surface area contributed by atoms with Crippen LogP contribution in [0.15, 0.2) is 28.7 Å². The summed E-state index contributed by atoms with van der Waals surface area (Å²) in [5, 5.41) is 8.56. The summed E-state index contributed by atoms with van der Waals surface area (Å²) in [5.74, 6) is 0.00292. The highest BCUT2D eigenvalue weighted by molar-refractivity contribution is 9.10. The number of unbranched alkanes of at least 4 members (excludes halogenated alkanes) is 1. The van der Waals surface area contributed by atoms with Gasteiger partial charge in [0.05, 0.1) is 6.54 Å². The Morgan fingerprint density at radius 3 is 2.41 bits per heavy atom. The predicted molar refractivity (Wildman–Crippen MR) is 88.0 cm³/mol. The van der Waals surface area contributed by atoms with Gasteiger partial charge in [-0.25, -0.2) is 0 Å². The highest BCUT2D eigenvalue weighted by Crippen LogP contribution is 2.16. The van der Waals surface area contributed by atoms with Gasteiger partial charge in [0.1, 0.15) is 12.4 Å². The second-order valence-electron chi connectivity index (χ2n) is 4.88. The number of halogens is 1. The molecule has 1 amide bonds. The third-order valence-electron chi connectivity index (χ3n) is 3.21. The lowest BCUT2D eigenvalue weighted by molar-refractivity contribution is -0.137. The Balaban J connectivity index is 2.27. The van der Waals surface area contributed by atoms with Crippen molar-refractivity contribution in [3.8, 4) is 5.75 Å². The number of benzene rings is 1. The molecule has 122 valence electrons. The number of ether oxygens (including phenoxy) is 1. The first-order valence-electron chi connectivity index (χ1n) is 7.41. The first-order chi connectivity index (χ1) is 10.5. The molecule has 1 rings (SSSR count). The minimum absolute atomic E-state index is 0.0484. The number of carboxylic acids is 1. The molecule has 0 atom stereocenters. The van der Waals surface area contributed by atoms with Gasteiger partial charge in [-0.3, -0.25) is 9.59 Å². The quantitative estimate of drug-likeness (QED) is 0.640. The molecule has 0 saturated heterocycles. The Morgan fingerprint density at radius 2 is 1.82 bits per heavy atom. The van der Waals surface area contributed by atoms with Crippen molar-refractivity contribution < 1.29 is 19.4 Å². The fourth-order valence-corrected chi connectivity index (χ4v) is 2.24. The fraction of sp³-hybridized carbons (Fsp3) is 0.500. The Morgan fingerprint density at radius 1 is 1.18 bits per heavy atom. The molecule has 6 heteroatoms. The average Bonchev–Trinajstić information content (AvgIpc) is 2.49. The summed E-state index contributed by atoms with van der Waals surface area (Å²) in [6.45, 7) is 3.52. The van der Waals surface area contributed by atoms with Crippen LogP contribution in [0, 0.1) is 0 Å². The van der Waals surface area contributed by atoms with E-state index < -0.39 is 5.97 Å². The number of nitrogens with zero attached hydrogens (tertiary/aromatic N) is 1. The Labute approximate surface area is 139 Å². The van der Waals surface area contributed by atoms with Gasteiger partial charge in [-0.15, -0.1) is 0 Å². The van der Waals surface area contributed by atoms with E-state index in [0.29, 0.717) is 39.0 Å². The molecular formula is C16H22BrNO4. The fourth-order valence-electron chi connectivity index (χ4n) is 1.97. The van der Waals surface area contributed by atoms with E-state index in [4.69, 9.17) is 9.84 Å². The van der Waals surface area contributed by atoms with E-state index in [9.17, 15) is 9.59 Å². The molecule has 5 nitrogen and oxygen atoms in total. The third-order valence-corrected chi connectivity index (χ3v) is 3.74. The molecular weight excluding hydrogens is 350 g/mol. The van der Waals surface area contributed by atoms with Gasteiger partial charge in [-0.2, -0.15) is 0 Å². The van der Waals surface area contributed by atoms with Crippen molar-refractivity contribution >= 4 is 27.8 Å². The van der Waals surface area contributed by atoms with Crippen LogP contribution in [0.2, 0.25) is 0 Å². The van der Waals surface area contributed by atoms with Crippen molar-refractivity contribution in [1.82, 2.24) is 4.90 Å². The second kappa shape index (κ2) is 10.2. The van der Waals surface area contributed by atoms with E-state index in [1.54, 1.807) is 4.90 Å². The monoisotopic (exact) mass is 371 g/mol. The van der Waals surface area contributed by atoms with Gasteiger partial charge in [0.25, 0.3) is 0 Å². The van der Waals surface area contributed by atoms with Crippen molar-refractivity contribution in [1.29, 1.82) is 0 Å². The van der Waals surface area contributed by atoms with Gasteiger partial charge < -0.3 is 14.7 Å². The Bertz CT molecular complexity index is 476. The molecule has 0 aromatic heterocycles. The number of carbonyl (C=O) groups excluding carboxylic acids is 1. The van der Waals surface area contributed by atoms with Crippen LogP contribution in [0.5, 0.6) is 5.75 Å². The molecule has 1 aromatic carbocycles. The average molecular weight is 372 g/mol. The van der Waals surface area contributed by atoms with Crippen molar-refractivity contribution in [2.45, 2.75) is 32.6 Å². The highest BCUT2D eigenvalue weighted by Gasteiger charge is 2.11. The van der Waals surface area contributed by atoms with Crippen molar-refractivity contribution in [2.75, 3.05) is 19.7 Å². The maximum absolute atomic E-state index is 12.0. The zero-order valence-corrected chi connectivity index (χ0v) is 14.3. The molecule has 0 aliphatic rings. The summed E-state index contributed by atoms with van der Waals surface area (Å²) >= 11 is 3.36. The molecule has 0 aliphatic heterocycles. The summed E-state index contributed by atoms with van der Waals surface area (Å²) in [4.78, 5) is 24.2.